The Morgan fingerprint density at radius 2 is 1.52 bits per heavy atom. The van der Waals surface area contributed by atoms with Gasteiger partial charge in [0.25, 0.3) is 0 Å². The van der Waals surface area contributed by atoms with Gasteiger partial charge in [0.05, 0.1) is 29.7 Å². The maximum absolute atomic E-state index is 12.1. The second-order valence-corrected chi connectivity index (χ2v) is 6.62. The van der Waals surface area contributed by atoms with E-state index < -0.39 is 12.3 Å². The van der Waals surface area contributed by atoms with E-state index in [-0.39, 0.29) is 30.8 Å². The number of carbonyl (C=O) groups excluding carboxylic acids is 2. The number of aromatic nitrogens is 1. The minimum atomic E-state index is -1.00. The number of pyridine rings is 1. The van der Waals surface area contributed by atoms with E-state index in [1.807, 2.05) is 31.2 Å². The van der Waals surface area contributed by atoms with Crippen molar-refractivity contribution >= 4 is 12.3 Å². The van der Waals surface area contributed by atoms with Crippen LogP contribution in [-0.2, 0) is 9.47 Å². The Morgan fingerprint density at radius 1 is 0.966 bits per heavy atom. The molecule has 0 fully saturated rings. The van der Waals surface area contributed by atoms with Crippen molar-refractivity contribution in [2.75, 3.05) is 13.2 Å². The molecule has 0 aliphatic carbocycles. The highest BCUT2D eigenvalue weighted by Gasteiger charge is 2.25. The molecule has 0 radical (unpaired) electrons. The summed E-state index contributed by atoms with van der Waals surface area (Å²) in [5, 5.41) is 8.83. The largest absolute Gasteiger partial charge is 0.514 e. The van der Waals surface area contributed by atoms with Gasteiger partial charge in [-0.15, -0.1) is 0 Å². The van der Waals surface area contributed by atoms with Crippen LogP contribution in [0.5, 0.6) is 11.5 Å². The summed E-state index contributed by atoms with van der Waals surface area (Å²) in [5.41, 5.74) is 2.89. The molecule has 156 valence electrons. The first-order chi connectivity index (χ1) is 13.7. The molecule has 0 bridgehead atoms. The first-order valence-electron chi connectivity index (χ1n) is 9.15. The first-order valence-corrected chi connectivity index (χ1v) is 9.15. The summed E-state index contributed by atoms with van der Waals surface area (Å²) in [6.45, 7) is 8.14. The van der Waals surface area contributed by atoms with Crippen LogP contribution in [0.1, 0.15) is 30.8 Å². The maximum Gasteiger partial charge on any atom is 0.514 e. The van der Waals surface area contributed by atoms with Crippen LogP contribution >= 0.6 is 0 Å². The van der Waals surface area contributed by atoms with E-state index in [2.05, 4.69) is 4.98 Å². The molecule has 0 saturated carbocycles. The Hall–Kier alpha value is -3.13. The van der Waals surface area contributed by atoms with Crippen molar-refractivity contribution in [3.8, 4) is 22.6 Å². The standard InChI is InChI=1S/C21H25NO7/c1-12(2)27-21(25)29-19-15(5)22-14(4)18(28-20(24)26-11-10-23)17(19)16-8-6-13(3)7-9-16/h6-9,12,23H,10-11H2,1-5H3. The van der Waals surface area contributed by atoms with Crippen molar-refractivity contribution in [2.24, 2.45) is 0 Å². The van der Waals surface area contributed by atoms with Crippen molar-refractivity contribution < 1.29 is 33.6 Å². The minimum absolute atomic E-state index is 0.0924. The summed E-state index contributed by atoms with van der Waals surface area (Å²) in [6.07, 6.45) is -2.26. The van der Waals surface area contributed by atoms with Crippen LogP contribution in [0.4, 0.5) is 9.59 Å². The maximum atomic E-state index is 12.1. The molecule has 1 aromatic heterocycles. The van der Waals surface area contributed by atoms with E-state index in [0.29, 0.717) is 22.5 Å². The van der Waals surface area contributed by atoms with Crippen LogP contribution in [-0.4, -0.2) is 41.7 Å². The van der Waals surface area contributed by atoms with Crippen molar-refractivity contribution in [2.45, 2.75) is 40.7 Å². The zero-order valence-electron chi connectivity index (χ0n) is 17.1. The Balaban J connectivity index is 2.58. The molecular formula is C21H25NO7. The average Bonchev–Trinajstić information content (AvgIpc) is 2.64. The van der Waals surface area contributed by atoms with Gasteiger partial charge in [-0.2, -0.15) is 0 Å². The summed E-state index contributed by atoms with van der Waals surface area (Å²) in [6, 6.07) is 7.39. The fraction of sp³-hybridized carbons (Fsp3) is 0.381. The molecule has 29 heavy (non-hydrogen) atoms. The highest BCUT2D eigenvalue weighted by molar-refractivity contribution is 5.83. The lowest BCUT2D eigenvalue weighted by Gasteiger charge is -2.18. The summed E-state index contributed by atoms with van der Waals surface area (Å²) in [4.78, 5) is 28.5. The summed E-state index contributed by atoms with van der Waals surface area (Å²) >= 11 is 0. The lowest BCUT2D eigenvalue weighted by atomic mass is 10.0. The number of benzene rings is 1. The van der Waals surface area contributed by atoms with E-state index in [1.165, 1.54) is 0 Å². The fourth-order valence-corrected chi connectivity index (χ4v) is 2.59. The molecule has 8 nitrogen and oxygen atoms in total. The Labute approximate surface area is 169 Å². The predicted octanol–water partition coefficient (Wildman–Crippen LogP) is 4.11. The summed E-state index contributed by atoms with van der Waals surface area (Å²) in [7, 11) is 0. The molecule has 0 aliphatic rings. The SMILES string of the molecule is Cc1ccc(-c2c(OC(=O)OCCO)c(C)nc(C)c2OC(=O)OC(C)C)cc1. The van der Waals surface area contributed by atoms with Crippen molar-refractivity contribution in [3.63, 3.8) is 0 Å². The van der Waals surface area contributed by atoms with Gasteiger partial charge in [-0.05, 0) is 40.2 Å². The van der Waals surface area contributed by atoms with Gasteiger partial charge >= 0.3 is 12.3 Å². The van der Waals surface area contributed by atoms with Crippen LogP contribution in [0.2, 0.25) is 0 Å². The molecule has 0 spiro atoms. The van der Waals surface area contributed by atoms with Crippen LogP contribution in [0.25, 0.3) is 11.1 Å². The average molecular weight is 403 g/mol. The van der Waals surface area contributed by atoms with Gasteiger partial charge in [-0.3, -0.25) is 4.98 Å². The molecule has 1 N–H and O–H groups in total. The molecule has 2 aromatic rings. The zero-order chi connectivity index (χ0) is 21.6. The van der Waals surface area contributed by atoms with Gasteiger partial charge in [-0.1, -0.05) is 29.8 Å². The van der Waals surface area contributed by atoms with Gasteiger partial charge in [0.15, 0.2) is 11.5 Å². The Morgan fingerprint density at radius 3 is 2.03 bits per heavy atom. The molecule has 0 atom stereocenters. The van der Waals surface area contributed by atoms with Crippen LogP contribution in [0, 0.1) is 20.8 Å². The third-order valence-electron chi connectivity index (χ3n) is 3.80. The van der Waals surface area contributed by atoms with Gasteiger partial charge < -0.3 is 24.1 Å². The molecular weight excluding hydrogens is 378 g/mol. The number of aliphatic hydroxyl groups excluding tert-OH is 1. The van der Waals surface area contributed by atoms with Gasteiger partial charge in [-0.25, -0.2) is 9.59 Å². The number of rotatable bonds is 6. The molecule has 0 saturated heterocycles. The highest BCUT2D eigenvalue weighted by Crippen LogP contribution is 2.42. The molecule has 0 unspecified atom stereocenters. The topological polar surface area (TPSA) is 104 Å². The van der Waals surface area contributed by atoms with E-state index in [4.69, 9.17) is 24.1 Å². The molecule has 0 amide bonds. The van der Waals surface area contributed by atoms with E-state index in [0.717, 1.165) is 5.56 Å². The second kappa shape index (κ2) is 9.88. The number of carbonyl (C=O) groups is 2. The molecule has 1 heterocycles. The van der Waals surface area contributed by atoms with E-state index >= 15 is 0 Å². The number of hydrogen-bond donors (Lipinski definition) is 1. The number of nitrogens with zero attached hydrogens (tertiary/aromatic N) is 1. The Kier molecular flexibility index (Phi) is 7.55. The van der Waals surface area contributed by atoms with Gasteiger partial charge in [0.1, 0.15) is 6.61 Å². The molecule has 8 heteroatoms. The summed E-state index contributed by atoms with van der Waals surface area (Å²) in [5.74, 6) is 0.213. The van der Waals surface area contributed by atoms with Gasteiger partial charge in [0, 0.05) is 0 Å². The van der Waals surface area contributed by atoms with E-state index in [9.17, 15) is 9.59 Å². The summed E-state index contributed by atoms with van der Waals surface area (Å²) < 4.78 is 20.7. The lowest BCUT2D eigenvalue weighted by molar-refractivity contribution is 0.0725. The van der Waals surface area contributed by atoms with Crippen molar-refractivity contribution in [1.29, 1.82) is 0 Å². The lowest BCUT2D eigenvalue weighted by Crippen LogP contribution is -2.18. The van der Waals surface area contributed by atoms with Crippen molar-refractivity contribution in [3.05, 3.63) is 41.2 Å². The monoisotopic (exact) mass is 403 g/mol. The van der Waals surface area contributed by atoms with Crippen molar-refractivity contribution in [1.82, 2.24) is 4.98 Å². The second-order valence-electron chi connectivity index (χ2n) is 6.62. The zero-order valence-corrected chi connectivity index (χ0v) is 17.1. The molecule has 1 aromatic carbocycles. The smallest absolute Gasteiger partial charge is 0.432 e. The van der Waals surface area contributed by atoms with Gasteiger partial charge in [0.2, 0.25) is 0 Å². The Bertz CT molecular complexity index is 876. The number of ether oxygens (including phenoxy) is 4. The highest BCUT2D eigenvalue weighted by atomic mass is 16.7. The van der Waals surface area contributed by atoms with Crippen LogP contribution in [0.3, 0.4) is 0 Å². The normalized spacial score (nSPS) is 10.6. The molecule has 0 aliphatic heterocycles. The first kappa shape index (κ1) is 22.2. The van der Waals surface area contributed by atoms with E-state index in [1.54, 1.807) is 27.7 Å². The third-order valence-corrected chi connectivity index (χ3v) is 3.80. The van der Waals surface area contributed by atoms with Crippen LogP contribution < -0.4 is 9.47 Å². The number of hydrogen-bond acceptors (Lipinski definition) is 8. The third kappa shape index (κ3) is 5.92. The van der Waals surface area contributed by atoms with Crippen LogP contribution in [0.15, 0.2) is 24.3 Å². The number of aliphatic hydroxyl groups is 1. The quantitative estimate of drug-likeness (QED) is 0.719. The molecule has 2 rings (SSSR count). The minimum Gasteiger partial charge on any atom is -0.432 e. The number of aryl methyl sites for hydroxylation is 3. The predicted molar refractivity (Wildman–Crippen MR) is 105 cm³/mol. The fourth-order valence-electron chi connectivity index (χ4n) is 2.59.